The molecule has 1 aromatic heterocycles. The third-order valence-corrected chi connectivity index (χ3v) is 4.87. The largest absolute Gasteiger partial charge is 0.412 e. The van der Waals surface area contributed by atoms with Crippen LogP contribution in [0.2, 0.25) is 0 Å². The van der Waals surface area contributed by atoms with E-state index >= 15 is 0 Å². The Hall–Kier alpha value is -4.52. The quantitative estimate of drug-likeness (QED) is 0.297. The number of nitrogens with zero attached hydrogens (tertiary/aromatic N) is 2. The number of rotatable bonds is 6. The summed E-state index contributed by atoms with van der Waals surface area (Å²) in [7, 11) is 0. The van der Waals surface area contributed by atoms with Crippen LogP contribution in [0.1, 0.15) is 14.0 Å². The Bertz CT molecular complexity index is 1330. The summed E-state index contributed by atoms with van der Waals surface area (Å²) in [5.74, 6) is 0.611. The lowest BCUT2D eigenvalue weighted by Gasteiger charge is -2.09. The van der Waals surface area contributed by atoms with Crippen LogP contribution < -0.4 is 15.8 Å². The first kappa shape index (κ1) is 20.7. The van der Waals surface area contributed by atoms with E-state index in [9.17, 15) is 4.79 Å². The average molecular weight is 428 g/mol. The lowest BCUT2D eigenvalue weighted by Crippen LogP contribution is -2.26. The Morgan fingerprint density at radius 2 is 1.88 bits per heavy atom. The molecule has 0 atom stereocenters. The van der Waals surface area contributed by atoms with E-state index in [0.717, 1.165) is 33.8 Å². The van der Waals surface area contributed by atoms with Gasteiger partial charge in [-0.1, -0.05) is 48.5 Å². The second-order valence-electron chi connectivity index (χ2n) is 7.06. The number of aliphatic imine (C=N–C) groups is 1. The Morgan fingerprint density at radius 1 is 1.03 bits per heavy atom. The van der Waals surface area contributed by atoms with Crippen LogP contribution in [0, 0.1) is 5.41 Å². The lowest BCUT2D eigenvalue weighted by molar-refractivity contribution is 0.200. The average Bonchev–Trinajstić information content (AvgIpc) is 2.83. The highest BCUT2D eigenvalue weighted by Crippen LogP contribution is 2.24. The number of hydrogen-bond donors (Lipinski definition) is 3. The molecule has 0 radical (unpaired) electrons. The zero-order valence-corrected chi connectivity index (χ0v) is 17.2. The summed E-state index contributed by atoms with van der Waals surface area (Å²) >= 11 is 0. The third-order valence-electron chi connectivity index (χ3n) is 4.87. The molecule has 1 heterocycles. The van der Waals surface area contributed by atoms with Gasteiger partial charge in [-0.25, -0.2) is 9.79 Å². The first-order valence-corrected chi connectivity index (χ1v) is 9.94. The summed E-state index contributed by atoms with van der Waals surface area (Å²) in [6, 6.07) is 23.1. The van der Waals surface area contributed by atoms with Crippen LogP contribution in [0.15, 0.2) is 90.2 Å². The monoisotopic (exact) mass is 427 g/mol. The van der Waals surface area contributed by atoms with Crippen LogP contribution in [0.4, 0.5) is 4.79 Å². The summed E-state index contributed by atoms with van der Waals surface area (Å²) in [4.78, 5) is 20.3. The van der Waals surface area contributed by atoms with Gasteiger partial charge in [0.1, 0.15) is 17.9 Å². The van der Waals surface area contributed by atoms with Crippen molar-refractivity contribution in [2.45, 2.75) is 6.54 Å². The molecule has 0 spiro atoms. The van der Waals surface area contributed by atoms with Gasteiger partial charge in [0.2, 0.25) is 0 Å². The topological polar surface area (TPSA) is 113 Å². The molecule has 32 heavy (non-hydrogen) atoms. The van der Waals surface area contributed by atoms with Gasteiger partial charge in [-0.3, -0.25) is 10.4 Å². The zero-order valence-electron chi connectivity index (χ0n) is 17.2. The number of benzene rings is 3. The van der Waals surface area contributed by atoms with E-state index in [1.54, 1.807) is 30.6 Å². The van der Waals surface area contributed by atoms with Crippen LogP contribution in [-0.2, 0) is 6.54 Å². The highest BCUT2D eigenvalue weighted by Gasteiger charge is 2.08. The molecular weight excluding hydrogens is 402 g/mol. The van der Waals surface area contributed by atoms with Crippen molar-refractivity contribution < 1.29 is 12.4 Å². The van der Waals surface area contributed by atoms with E-state index in [0.29, 0.717) is 17.9 Å². The molecule has 1 amide bonds. The number of nitrogens with two attached hydrogens (primary N) is 1. The van der Waals surface area contributed by atoms with E-state index < -0.39 is 6.09 Å². The predicted molar refractivity (Wildman–Crippen MR) is 130 cm³/mol. The molecule has 162 valence electrons. The second kappa shape index (κ2) is 9.53. The number of carbonyl (C=O) groups is 1. The van der Waals surface area contributed by atoms with Crippen molar-refractivity contribution in [1.82, 2.24) is 10.3 Å². The Kier molecular flexibility index (Phi) is 6.17. The van der Waals surface area contributed by atoms with Gasteiger partial charge in [-0.15, -0.1) is 0 Å². The molecule has 0 saturated carbocycles. The first-order valence-electron chi connectivity index (χ1n) is 9.94. The smallest absolute Gasteiger partial charge is 0.410 e. The number of aromatic nitrogens is 1. The molecule has 3 aromatic carbocycles. The van der Waals surface area contributed by atoms with Crippen molar-refractivity contribution >= 4 is 29.0 Å². The minimum Gasteiger partial charge on any atom is -0.410 e. The maximum atomic E-state index is 12.3. The maximum absolute atomic E-state index is 12.3. The Balaban J connectivity index is 0.00000204. The SMILES string of the molecule is N=CN=C(N)c1cncc(-c2cccc(OC(=O)NCc3ccc4ccccc4c3)c2)c1.[HH].[HH]. The molecule has 0 fully saturated rings. The van der Waals surface area contributed by atoms with Gasteiger partial charge in [0, 0.05) is 32.9 Å². The molecule has 0 saturated heterocycles. The van der Waals surface area contributed by atoms with Crippen molar-refractivity contribution in [3.8, 4) is 16.9 Å². The molecule has 0 aliphatic carbocycles. The molecule has 7 nitrogen and oxygen atoms in total. The normalized spacial score (nSPS) is 11.2. The molecule has 0 bridgehead atoms. The van der Waals surface area contributed by atoms with E-state index in [1.165, 1.54) is 0 Å². The highest BCUT2D eigenvalue weighted by atomic mass is 16.6. The summed E-state index contributed by atoms with van der Waals surface area (Å²) in [6.45, 7) is 0.362. The minimum absolute atomic E-state index is 0. The van der Waals surface area contributed by atoms with Crippen molar-refractivity contribution in [3.05, 3.63) is 96.3 Å². The number of fused-ring (bicyclic) bond motifs is 1. The number of nitrogens with one attached hydrogen (secondary N) is 2. The summed E-state index contributed by atoms with van der Waals surface area (Å²) in [6.07, 6.45) is 3.60. The van der Waals surface area contributed by atoms with Gasteiger partial charge in [0.25, 0.3) is 0 Å². The summed E-state index contributed by atoms with van der Waals surface area (Å²) < 4.78 is 5.45. The van der Waals surface area contributed by atoms with Crippen LogP contribution in [-0.4, -0.2) is 23.3 Å². The van der Waals surface area contributed by atoms with Gasteiger partial charge in [0.15, 0.2) is 0 Å². The number of pyridine rings is 1. The number of amides is 1. The molecule has 0 aliphatic heterocycles. The summed E-state index contributed by atoms with van der Waals surface area (Å²) in [5.41, 5.74) is 9.02. The molecule has 0 aliphatic rings. The van der Waals surface area contributed by atoms with E-state index in [2.05, 4.69) is 15.3 Å². The molecule has 0 unspecified atom stereocenters. The van der Waals surface area contributed by atoms with Gasteiger partial charge in [0.05, 0.1) is 0 Å². The molecule has 4 N–H and O–H groups in total. The maximum Gasteiger partial charge on any atom is 0.412 e. The molecule has 7 heteroatoms. The van der Waals surface area contributed by atoms with E-state index in [-0.39, 0.29) is 8.69 Å². The van der Waals surface area contributed by atoms with Gasteiger partial charge < -0.3 is 15.8 Å². The predicted octanol–water partition coefficient (Wildman–Crippen LogP) is 4.99. The molecule has 4 rings (SSSR count). The number of carbonyl (C=O) groups excluding carboxylic acids is 1. The van der Waals surface area contributed by atoms with E-state index in [4.69, 9.17) is 15.9 Å². The Labute approximate surface area is 188 Å². The van der Waals surface area contributed by atoms with Gasteiger partial charge in [-0.2, -0.15) is 0 Å². The van der Waals surface area contributed by atoms with Crippen LogP contribution in [0.25, 0.3) is 21.9 Å². The van der Waals surface area contributed by atoms with Crippen molar-refractivity contribution in [1.29, 1.82) is 5.41 Å². The third kappa shape index (κ3) is 4.96. The Morgan fingerprint density at radius 3 is 2.72 bits per heavy atom. The molecule has 4 aromatic rings. The van der Waals surface area contributed by atoms with Crippen LogP contribution in [0.5, 0.6) is 5.75 Å². The lowest BCUT2D eigenvalue weighted by atomic mass is 10.1. The first-order chi connectivity index (χ1) is 15.6. The summed E-state index contributed by atoms with van der Waals surface area (Å²) in [5, 5.41) is 12.1. The number of amidine groups is 1. The zero-order chi connectivity index (χ0) is 22.3. The number of ether oxygens (including phenoxy) is 1. The van der Waals surface area contributed by atoms with E-state index in [1.807, 2.05) is 54.6 Å². The second-order valence-corrected chi connectivity index (χ2v) is 7.06. The molecular formula is C25H25N5O2. The number of hydrogen-bond acceptors (Lipinski definition) is 4. The van der Waals surface area contributed by atoms with Crippen LogP contribution >= 0.6 is 0 Å². The fourth-order valence-electron chi connectivity index (χ4n) is 3.29. The minimum atomic E-state index is -0.537. The van der Waals surface area contributed by atoms with Crippen molar-refractivity contribution in [2.24, 2.45) is 10.7 Å². The van der Waals surface area contributed by atoms with Gasteiger partial charge >= 0.3 is 6.09 Å². The van der Waals surface area contributed by atoms with Crippen molar-refractivity contribution in [2.75, 3.05) is 0 Å². The standard InChI is InChI=1S/C25H21N5O2.2H2/c26-16-30-24(27)22-11-21(14-28-15-22)20-6-3-7-23(12-20)32-25(31)29-13-17-8-9-18-4-1-2-5-19(18)10-17;;/h1-12,14-16H,13H2,(H,29,31)(H3,26,27,30);2*1H. The van der Waals surface area contributed by atoms with Crippen molar-refractivity contribution in [3.63, 3.8) is 0 Å². The van der Waals surface area contributed by atoms with Gasteiger partial charge in [-0.05, 0) is 46.2 Å². The fraction of sp³-hybridized carbons (Fsp3) is 0.0400. The highest BCUT2D eigenvalue weighted by molar-refractivity contribution is 6.01. The van der Waals surface area contributed by atoms with Crippen LogP contribution in [0.3, 0.4) is 0 Å². The fourth-order valence-corrected chi connectivity index (χ4v) is 3.29.